The largest absolute Gasteiger partial charge is 0.352 e. The maximum Gasteiger partial charge on any atom is 0.254 e. The fourth-order valence-electron chi connectivity index (χ4n) is 0.927. The summed E-state index contributed by atoms with van der Waals surface area (Å²) in [5.74, 6) is -0.893. The fraction of sp³-hybridized carbons (Fsp3) is 0.222. The Morgan fingerprint density at radius 1 is 1.62 bits per heavy atom. The van der Waals surface area contributed by atoms with E-state index in [1.165, 1.54) is 12.1 Å². The quantitative estimate of drug-likeness (QED) is 0.852. The van der Waals surface area contributed by atoms with Crippen molar-refractivity contribution in [3.8, 4) is 0 Å². The molecule has 13 heavy (non-hydrogen) atoms. The highest BCUT2D eigenvalue weighted by atomic mass is 79.9. The summed E-state index contributed by atoms with van der Waals surface area (Å²) in [6.07, 6.45) is 0. The van der Waals surface area contributed by atoms with Gasteiger partial charge >= 0.3 is 0 Å². The molecule has 1 N–H and O–H groups in total. The third-order valence-corrected chi connectivity index (χ3v) is 2.00. The Morgan fingerprint density at radius 3 is 2.92 bits per heavy atom. The van der Waals surface area contributed by atoms with Crippen LogP contribution in [0.4, 0.5) is 4.39 Å². The Bertz CT molecular complexity index is 327. The van der Waals surface area contributed by atoms with Crippen LogP contribution >= 0.6 is 15.9 Å². The maximum atomic E-state index is 13.1. The Hall–Kier alpha value is -0.900. The van der Waals surface area contributed by atoms with Crippen molar-refractivity contribution in [3.63, 3.8) is 0 Å². The highest BCUT2D eigenvalue weighted by molar-refractivity contribution is 9.10. The highest BCUT2D eigenvalue weighted by Gasteiger charge is 2.10. The number of hydrogen-bond donors (Lipinski definition) is 1. The van der Waals surface area contributed by atoms with Crippen LogP contribution in [-0.2, 0) is 0 Å². The van der Waals surface area contributed by atoms with E-state index in [1.54, 1.807) is 13.0 Å². The smallest absolute Gasteiger partial charge is 0.254 e. The molecule has 0 saturated heterocycles. The van der Waals surface area contributed by atoms with Gasteiger partial charge in [0, 0.05) is 11.0 Å². The topological polar surface area (TPSA) is 29.1 Å². The minimum atomic E-state index is -0.505. The van der Waals surface area contributed by atoms with Crippen LogP contribution in [-0.4, -0.2) is 12.5 Å². The van der Waals surface area contributed by atoms with Crippen molar-refractivity contribution in [2.75, 3.05) is 6.54 Å². The van der Waals surface area contributed by atoms with Crippen molar-refractivity contribution in [1.82, 2.24) is 5.32 Å². The normalized spacial score (nSPS) is 9.77. The molecule has 0 bridgehead atoms. The predicted octanol–water partition coefficient (Wildman–Crippen LogP) is 2.34. The van der Waals surface area contributed by atoms with E-state index in [0.717, 1.165) is 0 Å². The van der Waals surface area contributed by atoms with Crippen LogP contribution in [0.1, 0.15) is 17.3 Å². The van der Waals surface area contributed by atoms with Gasteiger partial charge in [-0.05, 0) is 25.1 Å². The van der Waals surface area contributed by atoms with Gasteiger partial charge < -0.3 is 5.32 Å². The van der Waals surface area contributed by atoms with Crippen LogP contribution in [0.15, 0.2) is 22.7 Å². The first-order chi connectivity index (χ1) is 6.15. The van der Waals surface area contributed by atoms with Crippen molar-refractivity contribution in [2.24, 2.45) is 0 Å². The molecule has 2 nitrogen and oxygen atoms in total. The minimum absolute atomic E-state index is 0.0659. The SMILES string of the molecule is CCNC(=O)c1cc(Br)ccc1F. The second-order valence-electron chi connectivity index (χ2n) is 2.48. The molecule has 0 heterocycles. The molecule has 1 aromatic rings. The van der Waals surface area contributed by atoms with Crippen LogP contribution in [0.25, 0.3) is 0 Å². The molecule has 0 aliphatic carbocycles. The lowest BCUT2D eigenvalue weighted by molar-refractivity contribution is 0.0952. The molecule has 0 fully saturated rings. The summed E-state index contributed by atoms with van der Waals surface area (Å²) in [6.45, 7) is 2.28. The average molecular weight is 246 g/mol. The fourth-order valence-corrected chi connectivity index (χ4v) is 1.29. The lowest BCUT2D eigenvalue weighted by Gasteiger charge is -2.03. The number of rotatable bonds is 2. The summed E-state index contributed by atoms with van der Waals surface area (Å²) in [7, 11) is 0. The molecule has 0 aliphatic rings. The van der Waals surface area contributed by atoms with Gasteiger partial charge in [-0.2, -0.15) is 0 Å². The molecule has 70 valence electrons. The van der Waals surface area contributed by atoms with Crippen LogP contribution in [0, 0.1) is 5.82 Å². The maximum absolute atomic E-state index is 13.1. The zero-order valence-electron chi connectivity index (χ0n) is 7.10. The molecule has 0 spiro atoms. The molecule has 0 aromatic heterocycles. The summed E-state index contributed by atoms with van der Waals surface area (Å²) < 4.78 is 13.8. The number of carbonyl (C=O) groups is 1. The molecule has 0 atom stereocenters. The molecule has 0 radical (unpaired) electrons. The summed E-state index contributed by atoms with van der Waals surface area (Å²) in [5.41, 5.74) is 0.0659. The van der Waals surface area contributed by atoms with Gasteiger partial charge in [0.15, 0.2) is 0 Å². The van der Waals surface area contributed by atoms with Crippen LogP contribution in [0.3, 0.4) is 0 Å². The Kier molecular flexibility index (Phi) is 3.42. The van der Waals surface area contributed by atoms with E-state index in [1.807, 2.05) is 0 Å². The first-order valence-corrected chi connectivity index (χ1v) is 4.67. The molecule has 0 aliphatic heterocycles. The Morgan fingerprint density at radius 2 is 2.31 bits per heavy atom. The van der Waals surface area contributed by atoms with Crippen molar-refractivity contribution in [2.45, 2.75) is 6.92 Å². The number of hydrogen-bond acceptors (Lipinski definition) is 1. The second kappa shape index (κ2) is 4.37. The van der Waals surface area contributed by atoms with Crippen molar-refractivity contribution in [1.29, 1.82) is 0 Å². The van der Waals surface area contributed by atoms with Gasteiger partial charge in [-0.1, -0.05) is 15.9 Å². The number of nitrogens with one attached hydrogen (secondary N) is 1. The summed E-state index contributed by atoms with van der Waals surface area (Å²) >= 11 is 3.17. The molecule has 0 saturated carbocycles. The number of benzene rings is 1. The van der Waals surface area contributed by atoms with E-state index >= 15 is 0 Å². The van der Waals surface area contributed by atoms with Gasteiger partial charge in [-0.25, -0.2) is 4.39 Å². The van der Waals surface area contributed by atoms with Gasteiger partial charge in [-0.3, -0.25) is 4.79 Å². The van der Waals surface area contributed by atoms with Gasteiger partial charge in [0.2, 0.25) is 0 Å². The lowest BCUT2D eigenvalue weighted by Crippen LogP contribution is -2.23. The average Bonchev–Trinajstić information content (AvgIpc) is 2.09. The summed E-state index contributed by atoms with van der Waals surface area (Å²) in [6, 6.07) is 4.27. The Balaban J connectivity index is 2.99. The van der Waals surface area contributed by atoms with Gasteiger partial charge in [0.05, 0.1) is 5.56 Å². The van der Waals surface area contributed by atoms with E-state index in [2.05, 4.69) is 21.2 Å². The molecule has 1 rings (SSSR count). The van der Waals surface area contributed by atoms with Crippen LogP contribution < -0.4 is 5.32 Å². The van der Waals surface area contributed by atoms with Crippen molar-refractivity contribution < 1.29 is 9.18 Å². The zero-order valence-corrected chi connectivity index (χ0v) is 8.69. The molecular weight excluding hydrogens is 237 g/mol. The van der Waals surface area contributed by atoms with Crippen LogP contribution in [0.2, 0.25) is 0 Å². The Labute approximate surface area is 84.3 Å². The van der Waals surface area contributed by atoms with E-state index in [0.29, 0.717) is 11.0 Å². The molecule has 0 unspecified atom stereocenters. The van der Waals surface area contributed by atoms with E-state index < -0.39 is 5.82 Å². The van der Waals surface area contributed by atoms with Gasteiger partial charge in [-0.15, -0.1) is 0 Å². The first-order valence-electron chi connectivity index (χ1n) is 3.88. The number of amides is 1. The summed E-state index contributed by atoms with van der Waals surface area (Å²) in [5, 5.41) is 2.53. The highest BCUT2D eigenvalue weighted by Crippen LogP contribution is 2.15. The van der Waals surface area contributed by atoms with Crippen molar-refractivity contribution >= 4 is 21.8 Å². The van der Waals surface area contributed by atoms with E-state index in [9.17, 15) is 9.18 Å². The molecule has 1 aromatic carbocycles. The van der Waals surface area contributed by atoms with Gasteiger partial charge in [0.25, 0.3) is 5.91 Å². The monoisotopic (exact) mass is 245 g/mol. The standard InChI is InChI=1S/C9H9BrFNO/c1-2-12-9(13)7-5-6(10)3-4-8(7)11/h3-5H,2H2,1H3,(H,12,13). The third-order valence-electron chi connectivity index (χ3n) is 1.51. The van der Waals surface area contributed by atoms with Gasteiger partial charge in [0.1, 0.15) is 5.82 Å². The molecule has 1 amide bonds. The minimum Gasteiger partial charge on any atom is -0.352 e. The predicted molar refractivity (Wildman–Crippen MR) is 52.1 cm³/mol. The van der Waals surface area contributed by atoms with Crippen molar-refractivity contribution in [3.05, 3.63) is 34.1 Å². The third kappa shape index (κ3) is 2.52. The zero-order chi connectivity index (χ0) is 9.84. The van der Waals surface area contributed by atoms with E-state index in [-0.39, 0.29) is 11.5 Å². The molecule has 4 heteroatoms. The first kappa shape index (κ1) is 10.2. The lowest BCUT2D eigenvalue weighted by atomic mass is 10.2. The molecular formula is C9H9BrFNO. The summed E-state index contributed by atoms with van der Waals surface area (Å²) in [4.78, 5) is 11.2. The van der Waals surface area contributed by atoms with E-state index in [4.69, 9.17) is 0 Å². The second-order valence-corrected chi connectivity index (χ2v) is 3.40. The number of halogens is 2. The number of carbonyl (C=O) groups excluding carboxylic acids is 1. The van der Waals surface area contributed by atoms with Crippen LogP contribution in [0.5, 0.6) is 0 Å².